The summed E-state index contributed by atoms with van der Waals surface area (Å²) in [6.07, 6.45) is 1.09. The molecule has 1 atom stereocenters. The number of rotatable bonds is 5. The van der Waals surface area contributed by atoms with Crippen molar-refractivity contribution in [2.24, 2.45) is 0 Å². The van der Waals surface area contributed by atoms with Crippen molar-refractivity contribution >= 4 is 48.3 Å². The van der Waals surface area contributed by atoms with Gasteiger partial charge >= 0.3 is 0 Å². The molecule has 1 aliphatic rings. The van der Waals surface area contributed by atoms with Gasteiger partial charge in [-0.3, -0.25) is 10.1 Å². The second kappa shape index (κ2) is 9.01. The van der Waals surface area contributed by atoms with Crippen molar-refractivity contribution in [3.8, 4) is 10.6 Å². The van der Waals surface area contributed by atoms with Gasteiger partial charge in [-0.25, -0.2) is 8.42 Å². The molecule has 4 rings (SSSR count). The van der Waals surface area contributed by atoms with Crippen LogP contribution in [0.3, 0.4) is 0 Å². The van der Waals surface area contributed by atoms with Crippen molar-refractivity contribution in [2.75, 3.05) is 11.9 Å². The van der Waals surface area contributed by atoms with E-state index in [-0.39, 0.29) is 10.8 Å². The predicted molar refractivity (Wildman–Crippen MR) is 129 cm³/mol. The number of amides is 1. The fraction of sp³-hybridized carbons (Fsp3) is 0.318. The summed E-state index contributed by atoms with van der Waals surface area (Å²) < 4.78 is 29.3. The molecule has 1 aliphatic heterocycles. The summed E-state index contributed by atoms with van der Waals surface area (Å²) in [4.78, 5) is 13.3. The molecular weight excluding hydrogens is 512 g/mol. The molecule has 168 valence electrons. The Morgan fingerprint density at radius 2 is 1.78 bits per heavy atom. The van der Waals surface area contributed by atoms with E-state index in [1.165, 1.54) is 15.6 Å². The zero-order valence-corrected chi connectivity index (χ0v) is 21.1. The van der Waals surface area contributed by atoms with E-state index in [0.29, 0.717) is 40.7 Å². The van der Waals surface area contributed by atoms with Crippen LogP contribution in [0.25, 0.3) is 10.6 Å². The first-order valence-corrected chi connectivity index (χ1v) is 13.2. The molecule has 0 radical (unpaired) electrons. The SMILES string of the molecule is Cc1cc(C)c(S(=O)(=O)N2CCCC2C(=O)Nc2nnc(-c3ccc(Br)cc3)s2)c(C)c1. The molecule has 1 unspecified atom stereocenters. The summed E-state index contributed by atoms with van der Waals surface area (Å²) in [7, 11) is -3.81. The first kappa shape index (κ1) is 23.0. The topological polar surface area (TPSA) is 92.3 Å². The average molecular weight is 535 g/mol. The molecule has 1 saturated heterocycles. The van der Waals surface area contributed by atoms with Gasteiger partial charge in [-0.05, 0) is 56.9 Å². The zero-order chi connectivity index (χ0) is 23.0. The zero-order valence-electron chi connectivity index (χ0n) is 17.9. The maximum atomic E-state index is 13.5. The van der Waals surface area contributed by atoms with Crippen molar-refractivity contribution in [3.05, 3.63) is 57.6 Å². The molecule has 1 amide bonds. The summed E-state index contributed by atoms with van der Waals surface area (Å²) >= 11 is 4.65. The van der Waals surface area contributed by atoms with Crippen molar-refractivity contribution in [3.63, 3.8) is 0 Å². The van der Waals surface area contributed by atoms with Gasteiger partial charge in [0.15, 0.2) is 0 Å². The third-order valence-electron chi connectivity index (χ3n) is 5.42. The molecule has 3 aromatic rings. The van der Waals surface area contributed by atoms with E-state index in [0.717, 1.165) is 15.6 Å². The van der Waals surface area contributed by atoms with Crippen molar-refractivity contribution in [2.45, 2.75) is 44.6 Å². The minimum absolute atomic E-state index is 0.288. The summed E-state index contributed by atoms with van der Waals surface area (Å²) in [5.41, 5.74) is 3.28. The van der Waals surface area contributed by atoms with Crippen molar-refractivity contribution in [1.29, 1.82) is 0 Å². The number of carbonyl (C=O) groups is 1. The van der Waals surface area contributed by atoms with Crippen LogP contribution < -0.4 is 5.32 Å². The maximum absolute atomic E-state index is 13.5. The monoisotopic (exact) mass is 534 g/mol. The molecule has 2 aromatic carbocycles. The van der Waals surface area contributed by atoms with Gasteiger partial charge in [-0.1, -0.05) is 57.1 Å². The minimum Gasteiger partial charge on any atom is -0.299 e. The van der Waals surface area contributed by atoms with Gasteiger partial charge in [-0.15, -0.1) is 10.2 Å². The Labute approximate surface area is 200 Å². The predicted octanol–water partition coefficient (Wildman–Crippen LogP) is 4.68. The molecule has 1 fully saturated rings. The Bertz CT molecular complexity index is 1250. The van der Waals surface area contributed by atoms with Gasteiger partial charge < -0.3 is 0 Å². The smallest absolute Gasteiger partial charge is 0.244 e. The standard InChI is InChI=1S/C22H23BrN4O3S2/c1-13-11-14(2)19(15(3)12-13)32(29,30)27-10-4-5-18(27)20(28)24-22-26-25-21(31-22)16-6-8-17(23)9-7-16/h6-9,11-12,18H,4-5,10H2,1-3H3,(H,24,26,28). The summed E-state index contributed by atoms with van der Waals surface area (Å²) in [6, 6.07) is 10.6. The first-order chi connectivity index (χ1) is 15.2. The third kappa shape index (κ3) is 4.50. The van der Waals surface area contributed by atoms with E-state index < -0.39 is 16.1 Å². The highest BCUT2D eigenvalue weighted by Gasteiger charge is 2.40. The number of carbonyl (C=O) groups excluding carboxylic acids is 1. The second-order valence-electron chi connectivity index (χ2n) is 7.91. The van der Waals surface area contributed by atoms with Crippen LogP contribution in [0.15, 0.2) is 45.8 Å². The summed E-state index contributed by atoms with van der Waals surface area (Å²) in [5.74, 6) is -0.382. The lowest BCUT2D eigenvalue weighted by molar-refractivity contribution is -0.119. The first-order valence-electron chi connectivity index (χ1n) is 10.2. The Morgan fingerprint density at radius 1 is 1.12 bits per heavy atom. The lowest BCUT2D eigenvalue weighted by Gasteiger charge is -2.25. The van der Waals surface area contributed by atoms with Crippen LogP contribution in [-0.2, 0) is 14.8 Å². The van der Waals surface area contributed by atoms with Crippen LogP contribution in [0.5, 0.6) is 0 Å². The number of hydrogen-bond donors (Lipinski definition) is 1. The number of sulfonamides is 1. The van der Waals surface area contributed by atoms with Crippen molar-refractivity contribution in [1.82, 2.24) is 14.5 Å². The lowest BCUT2D eigenvalue weighted by Crippen LogP contribution is -2.43. The highest BCUT2D eigenvalue weighted by molar-refractivity contribution is 9.10. The molecule has 2 heterocycles. The fourth-order valence-electron chi connectivity index (χ4n) is 4.15. The van der Waals surface area contributed by atoms with Crippen LogP contribution in [-0.4, -0.2) is 41.4 Å². The second-order valence-corrected chi connectivity index (χ2v) is 11.6. The maximum Gasteiger partial charge on any atom is 0.244 e. The Hall–Kier alpha value is -2.14. The number of anilines is 1. The van der Waals surface area contributed by atoms with Gasteiger partial charge in [0.1, 0.15) is 11.0 Å². The Kier molecular flexibility index (Phi) is 6.49. The molecule has 1 N–H and O–H groups in total. The number of aromatic nitrogens is 2. The van der Waals surface area contributed by atoms with E-state index in [9.17, 15) is 13.2 Å². The normalized spacial score (nSPS) is 16.9. The molecule has 0 saturated carbocycles. The number of halogens is 1. The van der Waals surface area contributed by atoms with E-state index in [1.807, 2.05) is 43.3 Å². The van der Waals surface area contributed by atoms with E-state index >= 15 is 0 Å². The van der Waals surface area contributed by atoms with Crippen LogP contribution in [0.2, 0.25) is 0 Å². The summed E-state index contributed by atoms with van der Waals surface area (Å²) in [6.45, 7) is 5.84. The lowest BCUT2D eigenvalue weighted by atomic mass is 10.1. The van der Waals surface area contributed by atoms with Crippen LogP contribution in [0, 0.1) is 20.8 Å². The van der Waals surface area contributed by atoms with Gasteiger partial charge in [0, 0.05) is 16.6 Å². The number of nitrogens with zero attached hydrogens (tertiary/aromatic N) is 3. The van der Waals surface area contributed by atoms with Crippen LogP contribution in [0.4, 0.5) is 5.13 Å². The Morgan fingerprint density at radius 3 is 2.44 bits per heavy atom. The average Bonchev–Trinajstić information content (AvgIpc) is 3.37. The van der Waals surface area contributed by atoms with Gasteiger partial charge in [0.05, 0.1) is 4.90 Å². The van der Waals surface area contributed by atoms with Gasteiger partial charge in [0.25, 0.3) is 0 Å². The van der Waals surface area contributed by atoms with E-state index in [1.54, 1.807) is 13.8 Å². The quantitative estimate of drug-likeness (QED) is 0.512. The highest BCUT2D eigenvalue weighted by Crippen LogP contribution is 2.32. The molecule has 1 aromatic heterocycles. The minimum atomic E-state index is -3.81. The fourth-order valence-corrected chi connectivity index (χ4v) is 7.24. The molecule has 0 bridgehead atoms. The number of hydrogen-bond acceptors (Lipinski definition) is 6. The number of benzene rings is 2. The van der Waals surface area contributed by atoms with Crippen molar-refractivity contribution < 1.29 is 13.2 Å². The van der Waals surface area contributed by atoms with Crippen LogP contribution in [0.1, 0.15) is 29.5 Å². The van der Waals surface area contributed by atoms with Crippen LogP contribution >= 0.6 is 27.3 Å². The van der Waals surface area contributed by atoms with E-state index in [2.05, 4.69) is 31.4 Å². The highest BCUT2D eigenvalue weighted by atomic mass is 79.9. The third-order valence-corrected chi connectivity index (χ3v) is 9.05. The molecule has 0 aliphatic carbocycles. The largest absolute Gasteiger partial charge is 0.299 e. The molecule has 0 spiro atoms. The number of aryl methyl sites for hydroxylation is 3. The van der Waals surface area contributed by atoms with Gasteiger partial charge in [-0.2, -0.15) is 4.31 Å². The van der Waals surface area contributed by atoms with Gasteiger partial charge in [0.2, 0.25) is 21.1 Å². The summed E-state index contributed by atoms with van der Waals surface area (Å²) in [5, 5.41) is 12.0. The molecule has 7 nitrogen and oxygen atoms in total. The van der Waals surface area contributed by atoms with E-state index in [4.69, 9.17) is 0 Å². The molecular formula is C22H23BrN4O3S2. The molecule has 10 heteroatoms. The molecule has 32 heavy (non-hydrogen) atoms. The number of nitrogens with one attached hydrogen (secondary N) is 1. The Balaban J connectivity index is 1.55.